The Bertz CT molecular complexity index is 237. The lowest BCUT2D eigenvalue weighted by Gasteiger charge is -2.23. The lowest BCUT2D eigenvalue weighted by molar-refractivity contribution is 0.463. The van der Waals surface area contributed by atoms with Crippen molar-refractivity contribution < 1.29 is 0 Å². The molecule has 1 saturated carbocycles. The Hall–Kier alpha value is -0.980. The van der Waals surface area contributed by atoms with Crippen molar-refractivity contribution in [2.24, 2.45) is 0 Å². The molecule has 1 fully saturated rings. The van der Waals surface area contributed by atoms with Crippen LogP contribution >= 0.6 is 0 Å². The first kappa shape index (κ1) is 12.1. The maximum Gasteiger partial charge on any atom is 0.0342 e. The van der Waals surface area contributed by atoms with E-state index in [-0.39, 0.29) is 0 Å². The highest BCUT2D eigenvalue weighted by atomic mass is 14.9. The first-order valence-corrected chi connectivity index (χ1v) is 6.27. The maximum absolute atomic E-state index is 3.58. The zero-order valence-electron chi connectivity index (χ0n) is 10.00. The minimum atomic E-state index is 0.719. The van der Waals surface area contributed by atoms with Crippen LogP contribution in [0.2, 0.25) is 0 Å². The fourth-order valence-electron chi connectivity index (χ4n) is 2.02. The summed E-state index contributed by atoms with van der Waals surface area (Å²) < 4.78 is 0. The summed E-state index contributed by atoms with van der Waals surface area (Å²) in [5.74, 6) is 0. The molecule has 84 valence electrons. The lowest BCUT2D eigenvalue weighted by Crippen LogP contribution is -2.21. The van der Waals surface area contributed by atoms with Gasteiger partial charge in [-0.3, -0.25) is 0 Å². The van der Waals surface area contributed by atoms with Gasteiger partial charge in [0, 0.05) is 11.7 Å². The quantitative estimate of drug-likeness (QED) is 0.751. The number of anilines is 1. The number of rotatable bonds is 2. The second kappa shape index (κ2) is 7.33. The van der Waals surface area contributed by atoms with Crippen LogP contribution in [0.25, 0.3) is 0 Å². The van der Waals surface area contributed by atoms with E-state index in [1.54, 1.807) is 0 Å². The fraction of sp³-hybridized carbons (Fsp3) is 0.571. The van der Waals surface area contributed by atoms with Gasteiger partial charge in [-0.15, -0.1) is 0 Å². The molecule has 0 spiro atoms. The number of hydrogen-bond acceptors (Lipinski definition) is 1. The monoisotopic (exact) mass is 205 g/mol. The van der Waals surface area contributed by atoms with E-state index in [4.69, 9.17) is 0 Å². The molecule has 1 heteroatoms. The van der Waals surface area contributed by atoms with Gasteiger partial charge in [0.15, 0.2) is 0 Å². The van der Waals surface area contributed by atoms with Crippen molar-refractivity contribution in [3.05, 3.63) is 30.3 Å². The van der Waals surface area contributed by atoms with Crippen molar-refractivity contribution in [1.29, 1.82) is 0 Å². The first-order valence-electron chi connectivity index (χ1n) is 6.27. The van der Waals surface area contributed by atoms with Gasteiger partial charge in [-0.2, -0.15) is 0 Å². The molecule has 1 aliphatic carbocycles. The third kappa shape index (κ3) is 4.37. The molecule has 0 aliphatic heterocycles. The van der Waals surface area contributed by atoms with Gasteiger partial charge in [0.2, 0.25) is 0 Å². The molecule has 0 amide bonds. The van der Waals surface area contributed by atoms with Crippen LogP contribution in [-0.2, 0) is 0 Å². The average molecular weight is 205 g/mol. The molecule has 1 aromatic carbocycles. The highest BCUT2D eigenvalue weighted by Gasteiger charge is 2.12. The van der Waals surface area contributed by atoms with E-state index < -0.39 is 0 Å². The largest absolute Gasteiger partial charge is 0.382 e. The number of benzene rings is 1. The Morgan fingerprint density at radius 1 is 0.933 bits per heavy atom. The van der Waals surface area contributed by atoms with E-state index >= 15 is 0 Å². The van der Waals surface area contributed by atoms with Crippen LogP contribution in [0, 0.1) is 0 Å². The molecule has 1 nitrogen and oxygen atoms in total. The zero-order chi connectivity index (χ0) is 10.9. The van der Waals surface area contributed by atoms with Crippen molar-refractivity contribution in [2.75, 3.05) is 5.32 Å². The molecule has 1 aromatic rings. The molecule has 0 atom stereocenters. The molecule has 0 saturated heterocycles. The van der Waals surface area contributed by atoms with E-state index in [0.29, 0.717) is 0 Å². The molecular formula is C14H23N. The van der Waals surface area contributed by atoms with Gasteiger partial charge >= 0.3 is 0 Å². The van der Waals surface area contributed by atoms with Gasteiger partial charge < -0.3 is 5.32 Å². The van der Waals surface area contributed by atoms with Crippen LogP contribution in [0.1, 0.15) is 46.0 Å². The van der Waals surface area contributed by atoms with E-state index in [9.17, 15) is 0 Å². The third-order valence-corrected chi connectivity index (χ3v) is 2.75. The van der Waals surface area contributed by atoms with Crippen LogP contribution in [0.3, 0.4) is 0 Å². The van der Waals surface area contributed by atoms with Crippen LogP contribution < -0.4 is 5.32 Å². The van der Waals surface area contributed by atoms with Crippen molar-refractivity contribution >= 4 is 5.69 Å². The van der Waals surface area contributed by atoms with Crippen LogP contribution in [-0.4, -0.2) is 6.04 Å². The Labute approximate surface area is 93.9 Å². The van der Waals surface area contributed by atoms with Gasteiger partial charge in [0.25, 0.3) is 0 Å². The highest BCUT2D eigenvalue weighted by molar-refractivity contribution is 5.43. The third-order valence-electron chi connectivity index (χ3n) is 2.75. The van der Waals surface area contributed by atoms with E-state index in [1.165, 1.54) is 37.8 Å². The van der Waals surface area contributed by atoms with Crippen molar-refractivity contribution in [3.8, 4) is 0 Å². The summed E-state index contributed by atoms with van der Waals surface area (Å²) in [4.78, 5) is 0. The number of para-hydroxylation sites is 1. The summed E-state index contributed by atoms with van der Waals surface area (Å²) in [6, 6.07) is 11.3. The summed E-state index contributed by atoms with van der Waals surface area (Å²) in [5, 5.41) is 3.58. The molecule has 2 rings (SSSR count). The van der Waals surface area contributed by atoms with E-state index in [0.717, 1.165) is 6.04 Å². The van der Waals surface area contributed by atoms with Gasteiger partial charge in [-0.25, -0.2) is 0 Å². The molecule has 0 unspecified atom stereocenters. The smallest absolute Gasteiger partial charge is 0.0342 e. The standard InChI is InChI=1S/C12H17N.C2H6/c1-3-7-11(8-4-1)13-12-9-5-2-6-10-12;1-2/h1,3-4,7-8,12-13H,2,5-6,9-10H2;1-2H3. The molecule has 1 N–H and O–H groups in total. The normalized spacial score (nSPS) is 16.4. The molecule has 15 heavy (non-hydrogen) atoms. The molecular weight excluding hydrogens is 182 g/mol. The Kier molecular flexibility index (Phi) is 5.91. The SMILES string of the molecule is CC.c1ccc(NC2CCCCC2)cc1. The van der Waals surface area contributed by atoms with Gasteiger partial charge in [0.1, 0.15) is 0 Å². The summed E-state index contributed by atoms with van der Waals surface area (Å²) in [7, 11) is 0. The Balaban J connectivity index is 0.000000531. The Morgan fingerprint density at radius 2 is 1.53 bits per heavy atom. The second-order valence-electron chi connectivity index (χ2n) is 3.85. The molecule has 0 bridgehead atoms. The van der Waals surface area contributed by atoms with Crippen LogP contribution in [0.15, 0.2) is 30.3 Å². The molecule has 1 aliphatic rings. The van der Waals surface area contributed by atoms with Gasteiger partial charge in [-0.1, -0.05) is 51.3 Å². The van der Waals surface area contributed by atoms with Gasteiger partial charge in [-0.05, 0) is 25.0 Å². The Morgan fingerprint density at radius 3 is 2.13 bits per heavy atom. The average Bonchev–Trinajstić information content (AvgIpc) is 2.34. The minimum Gasteiger partial charge on any atom is -0.382 e. The predicted octanol–water partition coefficient (Wildman–Crippen LogP) is 4.46. The molecule has 0 aromatic heterocycles. The molecule has 0 heterocycles. The fourth-order valence-corrected chi connectivity index (χ4v) is 2.02. The topological polar surface area (TPSA) is 12.0 Å². The van der Waals surface area contributed by atoms with Crippen molar-refractivity contribution in [3.63, 3.8) is 0 Å². The van der Waals surface area contributed by atoms with Crippen molar-refractivity contribution in [2.45, 2.75) is 52.0 Å². The lowest BCUT2D eigenvalue weighted by atomic mass is 9.95. The highest BCUT2D eigenvalue weighted by Crippen LogP contribution is 2.21. The van der Waals surface area contributed by atoms with Crippen LogP contribution in [0.4, 0.5) is 5.69 Å². The van der Waals surface area contributed by atoms with Crippen molar-refractivity contribution in [1.82, 2.24) is 0 Å². The van der Waals surface area contributed by atoms with E-state index in [1.807, 2.05) is 13.8 Å². The van der Waals surface area contributed by atoms with Gasteiger partial charge in [0.05, 0.1) is 0 Å². The zero-order valence-corrected chi connectivity index (χ0v) is 10.00. The van der Waals surface area contributed by atoms with E-state index in [2.05, 4.69) is 35.6 Å². The number of hydrogen-bond donors (Lipinski definition) is 1. The minimum absolute atomic E-state index is 0.719. The summed E-state index contributed by atoms with van der Waals surface area (Å²) in [5.41, 5.74) is 1.27. The second-order valence-corrected chi connectivity index (χ2v) is 3.85. The maximum atomic E-state index is 3.58. The van der Waals surface area contributed by atoms with Crippen LogP contribution in [0.5, 0.6) is 0 Å². The first-order chi connectivity index (χ1) is 7.45. The molecule has 0 radical (unpaired) electrons. The summed E-state index contributed by atoms with van der Waals surface area (Å²) >= 11 is 0. The predicted molar refractivity (Wildman–Crippen MR) is 68.3 cm³/mol. The number of nitrogens with one attached hydrogen (secondary N) is 1. The summed E-state index contributed by atoms with van der Waals surface area (Å²) in [6.45, 7) is 4.00. The summed E-state index contributed by atoms with van der Waals surface area (Å²) in [6.07, 6.45) is 6.89.